The lowest BCUT2D eigenvalue weighted by Crippen LogP contribution is -2.16. The summed E-state index contributed by atoms with van der Waals surface area (Å²) < 4.78 is 54.4. The molecule has 2 aromatic rings. The minimum Gasteiger partial charge on any atom is -0.329 e. The molecule has 4 nitrogen and oxygen atoms in total. The molecule has 0 saturated heterocycles. The Balaban J connectivity index is 2.34. The van der Waals surface area contributed by atoms with Crippen LogP contribution in [-0.4, -0.2) is 10.1 Å². The van der Waals surface area contributed by atoms with Gasteiger partial charge < -0.3 is 10.3 Å². The van der Waals surface area contributed by atoms with Gasteiger partial charge in [0.1, 0.15) is 5.82 Å². The molecule has 0 aliphatic carbocycles. The van der Waals surface area contributed by atoms with Crippen LogP contribution in [0.15, 0.2) is 22.7 Å². The predicted molar refractivity (Wildman–Crippen MR) is 56.7 cm³/mol. The van der Waals surface area contributed by atoms with E-state index in [0.29, 0.717) is 0 Å². The van der Waals surface area contributed by atoms with Crippen LogP contribution in [0.4, 0.5) is 17.6 Å². The van der Waals surface area contributed by atoms with Crippen LogP contribution >= 0.6 is 11.6 Å². The Labute approximate surface area is 109 Å². The highest BCUT2D eigenvalue weighted by molar-refractivity contribution is 6.30. The molecule has 0 spiro atoms. The zero-order chi connectivity index (χ0) is 14.2. The SMILES string of the molecule is NC(c1noc(C(F)(F)F)n1)c1ccc(Cl)cc1F. The van der Waals surface area contributed by atoms with Gasteiger partial charge in [-0.1, -0.05) is 22.8 Å². The highest BCUT2D eigenvalue weighted by Gasteiger charge is 2.39. The van der Waals surface area contributed by atoms with Crippen LogP contribution < -0.4 is 5.73 Å². The lowest BCUT2D eigenvalue weighted by Gasteiger charge is -2.08. The summed E-state index contributed by atoms with van der Waals surface area (Å²) in [5.41, 5.74) is 5.50. The summed E-state index contributed by atoms with van der Waals surface area (Å²) in [5, 5.41) is 3.23. The molecule has 1 aromatic heterocycles. The van der Waals surface area contributed by atoms with Gasteiger partial charge in [-0.15, -0.1) is 0 Å². The van der Waals surface area contributed by atoms with Crippen molar-refractivity contribution in [1.82, 2.24) is 10.1 Å². The topological polar surface area (TPSA) is 64.9 Å². The van der Waals surface area contributed by atoms with Crippen molar-refractivity contribution in [2.45, 2.75) is 12.2 Å². The molecule has 2 rings (SSSR count). The van der Waals surface area contributed by atoms with E-state index >= 15 is 0 Å². The Morgan fingerprint density at radius 2 is 2.00 bits per heavy atom. The summed E-state index contributed by atoms with van der Waals surface area (Å²) in [6.07, 6.45) is -4.77. The third kappa shape index (κ3) is 2.85. The van der Waals surface area contributed by atoms with E-state index in [-0.39, 0.29) is 10.6 Å². The molecule has 1 unspecified atom stereocenters. The van der Waals surface area contributed by atoms with Crippen LogP contribution in [0.2, 0.25) is 5.02 Å². The summed E-state index contributed by atoms with van der Waals surface area (Å²) >= 11 is 5.55. The van der Waals surface area contributed by atoms with Crippen molar-refractivity contribution in [3.63, 3.8) is 0 Å². The first-order valence-corrected chi connectivity index (χ1v) is 5.28. The Hall–Kier alpha value is -1.67. The van der Waals surface area contributed by atoms with E-state index in [1.165, 1.54) is 12.1 Å². The summed E-state index contributed by atoms with van der Waals surface area (Å²) in [7, 11) is 0. The summed E-state index contributed by atoms with van der Waals surface area (Å²) in [5.74, 6) is -2.76. The third-order valence-electron chi connectivity index (χ3n) is 2.26. The van der Waals surface area contributed by atoms with Crippen molar-refractivity contribution in [3.05, 3.63) is 46.3 Å². The Morgan fingerprint density at radius 3 is 2.53 bits per heavy atom. The van der Waals surface area contributed by atoms with Gasteiger partial charge in [0.25, 0.3) is 0 Å². The van der Waals surface area contributed by atoms with Gasteiger partial charge in [-0.05, 0) is 12.1 Å². The number of halogens is 5. The number of hydrogen-bond donors (Lipinski definition) is 1. The van der Waals surface area contributed by atoms with E-state index < -0.39 is 29.8 Å². The second kappa shape index (κ2) is 4.78. The quantitative estimate of drug-likeness (QED) is 0.865. The first-order valence-electron chi connectivity index (χ1n) is 4.90. The molecule has 0 radical (unpaired) electrons. The van der Waals surface area contributed by atoms with Crippen LogP contribution in [0.25, 0.3) is 0 Å². The van der Waals surface area contributed by atoms with Crippen LogP contribution in [0, 0.1) is 5.82 Å². The fourth-order valence-corrected chi connectivity index (χ4v) is 1.53. The number of aromatic nitrogens is 2. The maximum Gasteiger partial charge on any atom is 0.471 e. The Bertz CT molecular complexity index is 599. The molecule has 1 aromatic carbocycles. The molecular weight excluding hydrogens is 290 g/mol. The van der Waals surface area contributed by atoms with Crippen molar-refractivity contribution in [1.29, 1.82) is 0 Å². The zero-order valence-electron chi connectivity index (χ0n) is 9.08. The van der Waals surface area contributed by atoms with E-state index in [1.807, 2.05) is 0 Å². The van der Waals surface area contributed by atoms with Gasteiger partial charge >= 0.3 is 12.1 Å². The monoisotopic (exact) mass is 295 g/mol. The number of rotatable bonds is 2. The van der Waals surface area contributed by atoms with Gasteiger partial charge in [0, 0.05) is 10.6 Å². The highest BCUT2D eigenvalue weighted by atomic mass is 35.5. The van der Waals surface area contributed by atoms with E-state index in [4.69, 9.17) is 17.3 Å². The summed E-state index contributed by atoms with van der Waals surface area (Å²) in [6, 6.07) is 2.30. The van der Waals surface area contributed by atoms with Crippen molar-refractivity contribution < 1.29 is 22.1 Å². The number of benzene rings is 1. The second-order valence-electron chi connectivity index (χ2n) is 3.60. The Kier molecular flexibility index (Phi) is 3.46. The van der Waals surface area contributed by atoms with Crippen molar-refractivity contribution >= 4 is 11.6 Å². The largest absolute Gasteiger partial charge is 0.471 e. The van der Waals surface area contributed by atoms with Gasteiger partial charge in [-0.3, -0.25) is 0 Å². The van der Waals surface area contributed by atoms with E-state index in [9.17, 15) is 17.6 Å². The molecule has 102 valence electrons. The summed E-state index contributed by atoms with van der Waals surface area (Å²) in [4.78, 5) is 3.09. The lowest BCUT2D eigenvalue weighted by molar-refractivity contribution is -0.159. The van der Waals surface area contributed by atoms with E-state index in [1.54, 1.807) is 0 Å². The van der Waals surface area contributed by atoms with Gasteiger partial charge in [-0.2, -0.15) is 18.2 Å². The van der Waals surface area contributed by atoms with E-state index in [2.05, 4.69) is 14.7 Å². The molecule has 19 heavy (non-hydrogen) atoms. The molecule has 0 fully saturated rings. The fraction of sp³-hybridized carbons (Fsp3) is 0.200. The van der Waals surface area contributed by atoms with Crippen molar-refractivity contribution in [2.75, 3.05) is 0 Å². The maximum atomic E-state index is 13.6. The minimum atomic E-state index is -4.77. The average molecular weight is 296 g/mol. The third-order valence-corrected chi connectivity index (χ3v) is 2.50. The lowest BCUT2D eigenvalue weighted by atomic mass is 10.1. The number of nitrogens with two attached hydrogens (primary N) is 1. The first-order chi connectivity index (χ1) is 8.79. The number of nitrogens with zero attached hydrogens (tertiary/aromatic N) is 2. The maximum absolute atomic E-state index is 13.6. The first kappa shape index (κ1) is 13.8. The second-order valence-corrected chi connectivity index (χ2v) is 4.04. The normalized spacial score (nSPS) is 13.6. The van der Waals surface area contributed by atoms with Gasteiger partial charge in [0.15, 0.2) is 5.82 Å². The molecule has 0 saturated carbocycles. The van der Waals surface area contributed by atoms with E-state index in [0.717, 1.165) is 6.07 Å². The highest BCUT2D eigenvalue weighted by Crippen LogP contribution is 2.29. The van der Waals surface area contributed by atoms with Crippen LogP contribution in [0.5, 0.6) is 0 Å². The smallest absolute Gasteiger partial charge is 0.329 e. The summed E-state index contributed by atoms with van der Waals surface area (Å²) in [6.45, 7) is 0. The van der Waals surface area contributed by atoms with Crippen LogP contribution in [0.1, 0.15) is 23.3 Å². The number of hydrogen-bond acceptors (Lipinski definition) is 4. The standard InChI is InChI=1S/C10H6ClF4N3O/c11-4-1-2-5(6(12)3-4)7(16)8-17-9(19-18-8)10(13,14)15/h1-3,7H,16H2. The predicted octanol–water partition coefficient (Wildman–Crippen LogP) is 2.93. The molecule has 1 atom stereocenters. The molecule has 0 bridgehead atoms. The fourth-order valence-electron chi connectivity index (χ4n) is 1.37. The number of alkyl halides is 3. The average Bonchev–Trinajstić information content (AvgIpc) is 2.76. The van der Waals surface area contributed by atoms with Crippen molar-refractivity contribution in [3.8, 4) is 0 Å². The zero-order valence-corrected chi connectivity index (χ0v) is 9.84. The molecule has 0 aliphatic heterocycles. The molecule has 1 heterocycles. The van der Waals surface area contributed by atoms with Gasteiger partial charge in [0.05, 0.1) is 6.04 Å². The molecule has 2 N–H and O–H groups in total. The van der Waals surface area contributed by atoms with Crippen molar-refractivity contribution in [2.24, 2.45) is 5.73 Å². The minimum absolute atomic E-state index is 0.0843. The molecular formula is C10H6ClF4N3O. The molecule has 0 aliphatic rings. The van der Waals surface area contributed by atoms with Gasteiger partial charge in [0.2, 0.25) is 0 Å². The molecule has 9 heteroatoms. The van der Waals surface area contributed by atoms with Gasteiger partial charge in [-0.25, -0.2) is 4.39 Å². The van der Waals surface area contributed by atoms with Crippen LogP contribution in [-0.2, 0) is 6.18 Å². The molecule has 0 amide bonds. The Morgan fingerprint density at radius 1 is 1.32 bits per heavy atom. The van der Waals surface area contributed by atoms with Crippen LogP contribution in [0.3, 0.4) is 0 Å².